The van der Waals surface area contributed by atoms with Gasteiger partial charge in [0.2, 0.25) is 5.91 Å². The van der Waals surface area contributed by atoms with Gasteiger partial charge in [-0.3, -0.25) is 14.7 Å². The standard InChI is InChI=1S/C18H23BrN4O2/c1-10(2)16-15(19)17(23-22-16)18(25)21-13-7-5-12(6-8-13)9-14(24)20-11(3)4/h5-8,10-11H,9H2,1-4H3,(H,20,24)(H,21,25)(H,22,23). The summed E-state index contributed by atoms with van der Waals surface area (Å²) in [5.41, 5.74) is 2.75. The molecule has 0 spiro atoms. The predicted molar refractivity (Wildman–Crippen MR) is 102 cm³/mol. The largest absolute Gasteiger partial charge is 0.354 e. The molecule has 2 rings (SSSR count). The SMILES string of the molecule is CC(C)NC(=O)Cc1ccc(NC(=O)c2n[nH]c(C(C)C)c2Br)cc1. The lowest BCUT2D eigenvalue weighted by Gasteiger charge is -2.09. The van der Waals surface area contributed by atoms with Gasteiger partial charge >= 0.3 is 0 Å². The molecule has 0 saturated carbocycles. The molecule has 0 fully saturated rings. The Morgan fingerprint density at radius 1 is 1.16 bits per heavy atom. The van der Waals surface area contributed by atoms with E-state index < -0.39 is 0 Å². The number of aromatic amines is 1. The van der Waals surface area contributed by atoms with Crippen molar-refractivity contribution in [1.29, 1.82) is 0 Å². The van der Waals surface area contributed by atoms with Gasteiger partial charge in [0.25, 0.3) is 5.91 Å². The van der Waals surface area contributed by atoms with Gasteiger partial charge in [0, 0.05) is 11.7 Å². The van der Waals surface area contributed by atoms with Crippen molar-refractivity contribution in [2.45, 2.75) is 46.1 Å². The summed E-state index contributed by atoms with van der Waals surface area (Å²) in [6.07, 6.45) is 0.315. The second-order valence-electron chi connectivity index (χ2n) is 6.50. The summed E-state index contributed by atoms with van der Waals surface area (Å²) in [4.78, 5) is 24.1. The van der Waals surface area contributed by atoms with Crippen LogP contribution in [0.25, 0.3) is 0 Å². The van der Waals surface area contributed by atoms with Gasteiger partial charge in [0.15, 0.2) is 5.69 Å². The maximum Gasteiger partial charge on any atom is 0.277 e. The highest BCUT2D eigenvalue weighted by Gasteiger charge is 2.19. The fourth-order valence-corrected chi connectivity index (χ4v) is 3.14. The lowest BCUT2D eigenvalue weighted by Crippen LogP contribution is -2.31. The van der Waals surface area contributed by atoms with Crippen LogP contribution in [-0.4, -0.2) is 28.1 Å². The van der Waals surface area contributed by atoms with Crippen LogP contribution in [0.15, 0.2) is 28.7 Å². The number of carbonyl (C=O) groups excluding carboxylic acids is 2. The maximum atomic E-state index is 12.4. The first-order valence-corrected chi connectivity index (χ1v) is 9.00. The minimum Gasteiger partial charge on any atom is -0.354 e. The van der Waals surface area contributed by atoms with Crippen molar-refractivity contribution in [2.24, 2.45) is 0 Å². The Bertz CT molecular complexity index is 751. The molecule has 0 aliphatic heterocycles. The van der Waals surface area contributed by atoms with E-state index in [-0.39, 0.29) is 23.8 Å². The van der Waals surface area contributed by atoms with Crippen molar-refractivity contribution in [3.63, 3.8) is 0 Å². The molecule has 3 N–H and O–H groups in total. The molecule has 0 saturated heterocycles. The number of H-pyrrole nitrogens is 1. The fourth-order valence-electron chi connectivity index (χ4n) is 2.33. The molecule has 0 aliphatic carbocycles. The molecule has 6 nitrogen and oxygen atoms in total. The zero-order chi connectivity index (χ0) is 18.6. The average Bonchev–Trinajstić information content (AvgIpc) is 2.90. The predicted octanol–water partition coefficient (Wildman–Crippen LogP) is 3.62. The zero-order valence-corrected chi connectivity index (χ0v) is 16.4. The number of hydrogen-bond donors (Lipinski definition) is 3. The lowest BCUT2D eigenvalue weighted by molar-refractivity contribution is -0.120. The zero-order valence-electron chi connectivity index (χ0n) is 14.8. The Hall–Kier alpha value is -2.15. The topological polar surface area (TPSA) is 86.9 Å². The van der Waals surface area contributed by atoms with E-state index in [0.717, 1.165) is 11.3 Å². The lowest BCUT2D eigenvalue weighted by atomic mass is 10.1. The number of anilines is 1. The van der Waals surface area contributed by atoms with Crippen LogP contribution in [0.2, 0.25) is 0 Å². The summed E-state index contributed by atoms with van der Waals surface area (Å²) in [5.74, 6) is -0.0755. The molecule has 1 aromatic heterocycles. The molecule has 7 heteroatoms. The monoisotopic (exact) mass is 406 g/mol. The van der Waals surface area contributed by atoms with Crippen LogP contribution in [0.5, 0.6) is 0 Å². The molecule has 2 aromatic rings. The van der Waals surface area contributed by atoms with Gasteiger partial charge in [-0.05, 0) is 53.4 Å². The highest BCUT2D eigenvalue weighted by molar-refractivity contribution is 9.10. The van der Waals surface area contributed by atoms with Crippen molar-refractivity contribution in [3.8, 4) is 0 Å². The van der Waals surface area contributed by atoms with Crippen molar-refractivity contribution in [1.82, 2.24) is 15.5 Å². The van der Waals surface area contributed by atoms with E-state index in [4.69, 9.17) is 0 Å². The van der Waals surface area contributed by atoms with Crippen molar-refractivity contribution in [3.05, 3.63) is 45.7 Å². The van der Waals surface area contributed by atoms with Crippen molar-refractivity contribution >= 4 is 33.4 Å². The van der Waals surface area contributed by atoms with E-state index in [1.54, 1.807) is 12.1 Å². The van der Waals surface area contributed by atoms with E-state index >= 15 is 0 Å². The average molecular weight is 407 g/mol. The Kier molecular flexibility index (Phi) is 6.36. The van der Waals surface area contributed by atoms with Crippen LogP contribution in [0.3, 0.4) is 0 Å². The van der Waals surface area contributed by atoms with Gasteiger partial charge < -0.3 is 10.6 Å². The van der Waals surface area contributed by atoms with E-state index in [2.05, 4.69) is 36.8 Å². The van der Waals surface area contributed by atoms with E-state index in [1.165, 1.54) is 0 Å². The molecule has 1 heterocycles. The van der Waals surface area contributed by atoms with Gasteiger partial charge in [0.1, 0.15) is 0 Å². The summed E-state index contributed by atoms with van der Waals surface area (Å²) in [7, 11) is 0. The summed E-state index contributed by atoms with van der Waals surface area (Å²) in [6, 6.07) is 7.33. The molecule has 2 amide bonds. The quantitative estimate of drug-likeness (QED) is 0.684. The minimum atomic E-state index is -0.291. The normalized spacial score (nSPS) is 11.0. The van der Waals surface area contributed by atoms with Crippen LogP contribution in [0.4, 0.5) is 5.69 Å². The summed E-state index contributed by atoms with van der Waals surface area (Å²) in [5, 5.41) is 12.6. The van der Waals surface area contributed by atoms with Crippen LogP contribution < -0.4 is 10.6 Å². The van der Waals surface area contributed by atoms with Gasteiger partial charge in [-0.1, -0.05) is 26.0 Å². The number of rotatable bonds is 6. The second-order valence-corrected chi connectivity index (χ2v) is 7.30. The number of aromatic nitrogens is 2. The molecular weight excluding hydrogens is 384 g/mol. The van der Waals surface area contributed by atoms with Crippen LogP contribution >= 0.6 is 15.9 Å². The van der Waals surface area contributed by atoms with Crippen LogP contribution in [0.1, 0.15) is 55.4 Å². The minimum absolute atomic E-state index is 0.0200. The highest BCUT2D eigenvalue weighted by atomic mass is 79.9. The number of carbonyl (C=O) groups is 2. The summed E-state index contributed by atoms with van der Waals surface area (Å²) >= 11 is 3.43. The van der Waals surface area contributed by atoms with E-state index in [1.807, 2.05) is 39.8 Å². The van der Waals surface area contributed by atoms with Crippen LogP contribution in [-0.2, 0) is 11.2 Å². The van der Waals surface area contributed by atoms with Crippen molar-refractivity contribution < 1.29 is 9.59 Å². The third-order valence-electron chi connectivity index (χ3n) is 3.55. The van der Waals surface area contributed by atoms with E-state index in [0.29, 0.717) is 22.3 Å². The van der Waals surface area contributed by atoms with E-state index in [9.17, 15) is 9.59 Å². The molecule has 1 aromatic carbocycles. The Balaban J connectivity index is 2.01. The second kappa shape index (κ2) is 8.29. The molecule has 0 atom stereocenters. The molecule has 25 heavy (non-hydrogen) atoms. The van der Waals surface area contributed by atoms with Gasteiger partial charge in [0.05, 0.1) is 16.6 Å². The number of nitrogens with zero attached hydrogens (tertiary/aromatic N) is 1. The number of nitrogens with one attached hydrogen (secondary N) is 3. The molecule has 0 unspecified atom stereocenters. The molecule has 134 valence electrons. The Morgan fingerprint density at radius 2 is 1.80 bits per heavy atom. The first-order valence-electron chi connectivity index (χ1n) is 8.21. The third-order valence-corrected chi connectivity index (χ3v) is 4.35. The Morgan fingerprint density at radius 3 is 2.32 bits per heavy atom. The molecule has 0 aliphatic rings. The van der Waals surface area contributed by atoms with Crippen LogP contribution in [0, 0.1) is 0 Å². The highest BCUT2D eigenvalue weighted by Crippen LogP contribution is 2.26. The molecular formula is C18H23BrN4O2. The maximum absolute atomic E-state index is 12.4. The molecule has 0 bridgehead atoms. The van der Waals surface area contributed by atoms with Crippen molar-refractivity contribution in [2.75, 3.05) is 5.32 Å². The number of benzene rings is 1. The smallest absolute Gasteiger partial charge is 0.277 e. The number of amides is 2. The third kappa shape index (κ3) is 5.16. The number of hydrogen-bond acceptors (Lipinski definition) is 3. The first-order chi connectivity index (χ1) is 11.8. The first kappa shape index (κ1) is 19.2. The van der Waals surface area contributed by atoms with Gasteiger partial charge in [-0.15, -0.1) is 0 Å². The Labute approximate surface area is 155 Å². The fraction of sp³-hybridized carbons (Fsp3) is 0.389. The van der Waals surface area contributed by atoms with Gasteiger partial charge in [-0.2, -0.15) is 5.10 Å². The summed E-state index contributed by atoms with van der Waals surface area (Å²) < 4.78 is 0.682. The van der Waals surface area contributed by atoms with Gasteiger partial charge in [-0.25, -0.2) is 0 Å². The molecule has 0 radical (unpaired) electrons. The summed E-state index contributed by atoms with van der Waals surface area (Å²) in [6.45, 7) is 7.89. The number of halogens is 1.